The molecule has 0 atom stereocenters. The molecule has 0 amide bonds. The number of nitrogens with one attached hydrogen (secondary N) is 2. The SMILES string of the molecule is COc1cc(/C=N/Nc2nc(=O)[nH]nc2C)cc(Br)c1OCc1ccccc1. The van der Waals surface area contributed by atoms with Crippen LogP contribution in [0.4, 0.5) is 5.82 Å². The summed E-state index contributed by atoms with van der Waals surface area (Å²) < 4.78 is 12.1. The molecular weight excluding hydrogens is 426 g/mol. The van der Waals surface area contributed by atoms with Crippen molar-refractivity contribution in [2.24, 2.45) is 5.10 Å². The van der Waals surface area contributed by atoms with Crippen molar-refractivity contribution in [2.75, 3.05) is 12.5 Å². The quantitative estimate of drug-likeness (QED) is 0.429. The Labute approximate surface area is 169 Å². The van der Waals surface area contributed by atoms with E-state index in [1.165, 1.54) is 0 Å². The van der Waals surface area contributed by atoms with E-state index in [-0.39, 0.29) is 5.82 Å². The van der Waals surface area contributed by atoms with Crippen LogP contribution in [0, 0.1) is 6.92 Å². The number of halogens is 1. The molecule has 0 saturated heterocycles. The minimum Gasteiger partial charge on any atom is -0.493 e. The van der Waals surface area contributed by atoms with Crippen LogP contribution in [0.25, 0.3) is 0 Å². The molecule has 1 heterocycles. The molecule has 0 saturated carbocycles. The summed E-state index contributed by atoms with van der Waals surface area (Å²) in [6, 6.07) is 13.5. The lowest BCUT2D eigenvalue weighted by atomic mass is 10.2. The number of nitrogens with zero attached hydrogens (tertiary/aromatic N) is 3. The maximum Gasteiger partial charge on any atom is 0.363 e. The van der Waals surface area contributed by atoms with E-state index in [0.717, 1.165) is 15.6 Å². The third-order valence-electron chi connectivity index (χ3n) is 3.74. The van der Waals surface area contributed by atoms with Gasteiger partial charge in [-0.15, -0.1) is 0 Å². The molecule has 9 heteroatoms. The van der Waals surface area contributed by atoms with Crippen molar-refractivity contribution in [3.05, 3.63) is 74.2 Å². The fraction of sp³-hybridized carbons (Fsp3) is 0.158. The average molecular weight is 444 g/mol. The zero-order valence-corrected chi connectivity index (χ0v) is 16.9. The second-order valence-corrected chi connectivity index (χ2v) is 6.61. The van der Waals surface area contributed by atoms with Crippen LogP contribution in [0.1, 0.15) is 16.8 Å². The van der Waals surface area contributed by atoms with Crippen LogP contribution in [0.5, 0.6) is 11.5 Å². The number of aromatic amines is 1. The molecule has 0 aliphatic carbocycles. The van der Waals surface area contributed by atoms with Gasteiger partial charge in [-0.1, -0.05) is 30.3 Å². The minimum absolute atomic E-state index is 0.286. The van der Waals surface area contributed by atoms with E-state index in [0.29, 0.717) is 23.8 Å². The second-order valence-electron chi connectivity index (χ2n) is 5.75. The van der Waals surface area contributed by atoms with Crippen molar-refractivity contribution in [1.29, 1.82) is 0 Å². The van der Waals surface area contributed by atoms with Crippen molar-refractivity contribution in [3.8, 4) is 11.5 Å². The zero-order valence-electron chi connectivity index (χ0n) is 15.3. The first kappa shape index (κ1) is 19.6. The standard InChI is InChI=1S/C19H18BrN5O3/c1-12-18(22-19(26)25-23-12)24-21-10-14-8-15(20)17(16(9-14)27-2)28-11-13-6-4-3-5-7-13/h3-10H,11H2,1-2H3,(H2,22,24,25,26)/b21-10+. The Balaban J connectivity index is 1.75. The third kappa shape index (κ3) is 4.95. The van der Waals surface area contributed by atoms with Gasteiger partial charge in [0.2, 0.25) is 0 Å². The highest BCUT2D eigenvalue weighted by Crippen LogP contribution is 2.36. The molecule has 1 aromatic heterocycles. The fourth-order valence-corrected chi connectivity index (χ4v) is 2.92. The van der Waals surface area contributed by atoms with Crippen molar-refractivity contribution >= 4 is 28.0 Å². The third-order valence-corrected chi connectivity index (χ3v) is 4.33. The Morgan fingerprint density at radius 3 is 2.82 bits per heavy atom. The number of hydrazone groups is 1. The summed E-state index contributed by atoms with van der Waals surface area (Å²) in [4.78, 5) is 15.0. The zero-order chi connectivity index (χ0) is 19.9. The van der Waals surface area contributed by atoms with Crippen LogP contribution in [-0.2, 0) is 6.61 Å². The number of benzene rings is 2. The molecule has 0 spiro atoms. The molecule has 2 aromatic carbocycles. The summed E-state index contributed by atoms with van der Waals surface area (Å²) in [6.45, 7) is 2.13. The molecule has 144 valence electrons. The highest BCUT2D eigenvalue weighted by molar-refractivity contribution is 9.10. The van der Waals surface area contributed by atoms with Crippen molar-refractivity contribution in [2.45, 2.75) is 13.5 Å². The molecule has 0 fully saturated rings. The summed E-state index contributed by atoms with van der Waals surface area (Å²) in [6.07, 6.45) is 1.58. The maximum atomic E-state index is 11.2. The Morgan fingerprint density at radius 1 is 1.29 bits per heavy atom. The predicted molar refractivity (Wildman–Crippen MR) is 110 cm³/mol. The molecule has 2 N–H and O–H groups in total. The first-order chi connectivity index (χ1) is 13.6. The average Bonchev–Trinajstić information content (AvgIpc) is 2.70. The molecule has 8 nitrogen and oxygen atoms in total. The number of methoxy groups -OCH3 is 1. The molecule has 3 aromatic rings. The summed E-state index contributed by atoms with van der Waals surface area (Å²) in [5, 5.41) is 10.2. The van der Waals surface area contributed by atoms with E-state index in [1.54, 1.807) is 26.3 Å². The number of H-pyrrole nitrogens is 1. The van der Waals surface area contributed by atoms with Gasteiger partial charge in [-0.05, 0) is 46.1 Å². The maximum absolute atomic E-state index is 11.2. The van der Waals surface area contributed by atoms with Gasteiger partial charge in [-0.2, -0.15) is 15.2 Å². The van der Waals surface area contributed by atoms with Crippen LogP contribution >= 0.6 is 15.9 Å². The van der Waals surface area contributed by atoms with Gasteiger partial charge in [0, 0.05) is 0 Å². The van der Waals surface area contributed by atoms with Crippen LogP contribution in [0.2, 0.25) is 0 Å². The molecule has 0 radical (unpaired) electrons. The number of hydrogen-bond acceptors (Lipinski definition) is 7. The Morgan fingerprint density at radius 2 is 2.07 bits per heavy atom. The van der Waals surface area contributed by atoms with E-state index < -0.39 is 5.69 Å². The van der Waals surface area contributed by atoms with Crippen molar-refractivity contribution < 1.29 is 9.47 Å². The van der Waals surface area contributed by atoms with Crippen LogP contribution in [-0.4, -0.2) is 28.5 Å². The van der Waals surface area contributed by atoms with Crippen LogP contribution in [0.3, 0.4) is 0 Å². The molecule has 3 rings (SSSR count). The first-order valence-corrected chi connectivity index (χ1v) is 9.13. The number of hydrogen-bond donors (Lipinski definition) is 2. The molecular formula is C19H18BrN5O3. The molecule has 0 unspecified atom stereocenters. The largest absolute Gasteiger partial charge is 0.493 e. The molecule has 0 aliphatic heterocycles. The van der Waals surface area contributed by atoms with Gasteiger partial charge in [-0.25, -0.2) is 9.89 Å². The minimum atomic E-state index is -0.548. The second kappa shape index (κ2) is 9.14. The van der Waals surface area contributed by atoms with E-state index in [4.69, 9.17) is 9.47 Å². The van der Waals surface area contributed by atoms with Gasteiger partial charge in [0.05, 0.1) is 17.8 Å². The summed E-state index contributed by atoms with van der Waals surface area (Å²) >= 11 is 3.52. The smallest absolute Gasteiger partial charge is 0.363 e. The summed E-state index contributed by atoms with van der Waals surface area (Å²) in [5.74, 6) is 1.46. The number of aromatic nitrogens is 3. The Bertz CT molecular complexity index is 1040. The monoisotopic (exact) mass is 443 g/mol. The van der Waals surface area contributed by atoms with Crippen molar-refractivity contribution in [3.63, 3.8) is 0 Å². The van der Waals surface area contributed by atoms with Crippen molar-refractivity contribution in [1.82, 2.24) is 15.2 Å². The first-order valence-electron chi connectivity index (χ1n) is 8.33. The highest BCUT2D eigenvalue weighted by atomic mass is 79.9. The van der Waals surface area contributed by atoms with Gasteiger partial charge in [0.1, 0.15) is 12.3 Å². The van der Waals surface area contributed by atoms with E-state index >= 15 is 0 Å². The lowest BCUT2D eigenvalue weighted by Gasteiger charge is -2.13. The number of aryl methyl sites for hydroxylation is 1. The van der Waals surface area contributed by atoms with E-state index in [1.807, 2.05) is 36.4 Å². The van der Waals surface area contributed by atoms with Gasteiger partial charge in [-0.3, -0.25) is 5.43 Å². The topological polar surface area (TPSA) is 101 Å². The fourth-order valence-electron chi connectivity index (χ4n) is 2.35. The predicted octanol–water partition coefficient (Wildman–Crippen LogP) is 3.27. The Hall–Kier alpha value is -3.20. The van der Waals surface area contributed by atoms with Crippen LogP contribution in [0.15, 0.2) is 56.8 Å². The molecule has 28 heavy (non-hydrogen) atoms. The normalized spacial score (nSPS) is 10.8. The number of rotatable bonds is 7. The summed E-state index contributed by atoms with van der Waals surface area (Å²) in [7, 11) is 1.57. The van der Waals surface area contributed by atoms with Crippen LogP contribution < -0.4 is 20.6 Å². The highest BCUT2D eigenvalue weighted by Gasteiger charge is 2.11. The molecule has 0 bridgehead atoms. The van der Waals surface area contributed by atoms with Gasteiger partial charge >= 0.3 is 5.69 Å². The summed E-state index contributed by atoms with van der Waals surface area (Å²) in [5.41, 5.74) is 4.51. The number of anilines is 1. The number of ether oxygens (including phenoxy) is 2. The van der Waals surface area contributed by atoms with Gasteiger partial charge in [0.15, 0.2) is 17.3 Å². The lowest BCUT2D eigenvalue weighted by molar-refractivity contribution is 0.282. The van der Waals surface area contributed by atoms with Gasteiger partial charge < -0.3 is 9.47 Å². The van der Waals surface area contributed by atoms with E-state index in [9.17, 15) is 4.79 Å². The molecule has 0 aliphatic rings. The Kier molecular flexibility index (Phi) is 6.38. The van der Waals surface area contributed by atoms with Gasteiger partial charge in [0.25, 0.3) is 0 Å². The van der Waals surface area contributed by atoms with E-state index in [2.05, 4.69) is 41.6 Å². The lowest BCUT2D eigenvalue weighted by Crippen LogP contribution is -2.15.